The minimum absolute atomic E-state index is 0.0871. The lowest BCUT2D eigenvalue weighted by molar-refractivity contribution is -0.104. The summed E-state index contributed by atoms with van der Waals surface area (Å²) in [5.41, 5.74) is 6.06. The van der Waals surface area contributed by atoms with Gasteiger partial charge in [-0.2, -0.15) is 5.10 Å². The van der Waals surface area contributed by atoms with Gasteiger partial charge in [0.15, 0.2) is 6.10 Å². The molecule has 3 aliphatic heterocycles. The molecule has 0 bridgehead atoms. The molecule has 5 heterocycles. The van der Waals surface area contributed by atoms with E-state index < -0.39 is 0 Å². The van der Waals surface area contributed by atoms with Crippen LogP contribution < -0.4 is 4.90 Å². The van der Waals surface area contributed by atoms with E-state index >= 15 is 0 Å². The number of piperidine rings is 1. The molecule has 0 saturated carbocycles. The number of carbonyl (C=O) groups excluding carboxylic acids is 1. The van der Waals surface area contributed by atoms with Gasteiger partial charge in [-0.1, -0.05) is 24.3 Å². The Morgan fingerprint density at radius 3 is 2.51 bits per heavy atom. The first kappa shape index (κ1) is 24.2. The normalized spacial score (nSPS) is 21.4. The Bertz CT molecular complexity index is 1230. The van der Waals surface area contributed by atoms with E-state index in [2.05, 4.69) is 71.3 Å². The number of fused-ring (bicyclic) bond motifs is 1. The van der Waals surface area contributed by atoms with Gasteiger partial charge < -0.3 is 24.2 Å². The standard InChI is InChI=1S/C29H37N5O3/c1-21(2)33-11-3-4-24(17-33)22-5-7-23(8-6-22)25-16-28-27(9-10-30-34(28)18-25)31-12-14-32(15-13-31)29(35)37-26-19-36-20-26/h5-10,16,18,21,24,26H,3-4,11-15,17,19-20H2,1-2H3. The van der Waals surface area contributed by atoms with Crippen molar-refractivity contribution in [2.45, 2.75) is 44.8 Å². The molecule has 0 spiro atoms. The smallest absolute Gasteiger partial charge is 0.410 e. The fourth-order valence-electron chi connectivity index (χ4n) is 5.75. The van der Waals surface area contributed by atoms with Crippen molar-refractivity contribution >= 4 is 17.3 Å². The highest BCUT2D eigenvalue weighted by Gasteiger charge is 2.29. The summed E-state index contributed by atoms with van der Waals surface area (Å²) >= 11 is 0. The topological polar surface area (TPSA) is 62.5 Å². The molecule has 6 rings (SSSR count). The van der Waals surface area contributed by atoms with Crippen molar-refractivity contribution in [2.24, 2.45) is 0 Å². The van der Waals surface area contributed by atoms with Crippen LogP contribution in [0, 0.1) is 0 Å². The van der Waals surface area contributed by atoms with E-state index in [0.29, 0.717) is 38.3 Å². The molecule has 196 valence electrons. The first-order valence-corrected chi connectivity index (χ1v) is 13.6. The number of hydrogen-bond donors (Lipinski definition) is 0. The Hall–Kier alpha value is -3.10. The molecule has 2 aromatic heterocycles. The van der Waals surface area contributed by atoms with Crippen LogP contribution in [0.25, 0.3) is 16.6 Å². The first-order chi connectivity index (χ1) is 18.0. The maximum absolute atomic E-state index is 12.4. The Kier molecular flexibility index (Phi) is 6.78. The van der Waals surface area contributed by atoms with E-state index in [4.69, 9.17) is 9.47 Å². The van der Waals surface area contributed by atoms with Crippen molar-refractivity contribution in [3.63, 3.8) is 0 Å². The van der Waals surface area contributed by atoms with Crippen molar-refractivity contribution in [1.29, 1.82) is 0 Å². The zero-order valence-electron chi connectivity index (χ0n) is 21.9. The molecule has 0 aliphatic carbocycles. The van der Waals surface area contributed by atoms with Gasteiger partial charge in [-0.05, 0) is 62.4 Å². The molecule has 3 aromatic rings. The van der Waals surface area contributed by atoms with Crippen LogP contribution in [0.5, 0.6) is 0 Å². The summed E-state index contributed by atoms with van der Waals surface area (Å²) in [4.78, 5) is 19.1. The predicted octanol–water partition coefficient (Wildman–Crippen LogP) is 4.25. The Balaban J connectivity index is 1.15. The van der Waals surface area contributed by atoms with Crippen LogP contribution in [-0.4, -0.2) is 90.1 Å². The average Bonchev–Trinajstić information content (AvgIpc) is 3.35. The number of piperazine rings is 1. The maximum atomic E-state index is 12.4. The third kappa shape index (κ3) is 5.05. The van der Waals surface area contributed by atoms with Crippen molar-refractivity contribution in [3.05, 3.63) is 54.4 Å². The van der Waals surface area contributed by atoms with Gasteiger partial charge in [-0.3, -0.25) is 0 Å². The van der Waals surface area contributed by atoms with Crippen LogP contribution in [0.1, 0.15) is 38.2 Å². The Labute approximate surface area is 218 Å². The second kappa shape index (κ2) is 10.3. The number of benzene rings is 1. The van der Waals surface area contributed by atoms with Crippen LogP contribution >= 0.6 is 0 Å². The Morgan fingerprint density at radius 2 is 1.81 bits per heavy atom. The molecule has 0 N–H and O–H groups in total. The average molecular weight is 504 g/mol. The summed E-state index contributed by atoms with van der Waals surface area (Å²) in [5, 5.41) is 4.58. The monoisotopic (exact) mass is 503 g/mol. The largest absolute Gasteiger partial charge is 0.441 e. The summed E-state index contributed by atoms with van der Waals surface area (Å²) in [6.45, 7) is 10.8. The molecule has 37 heavy (non-hydrogen) atoms. The SMILES string of the molecule is CC(C)N1CCCC(c2ccc(-c3cc4c(N5CCN(C(=O)OC6COC6)CC5)ccnn4c3)cc2)C1. The lowest BCUT2D eigenvalue weighted by atomic mass is 9.89. The zero-order valence-corrected chi connectivity index (χ0v) is 21.9. The van der Waals surface area contributed by atoms with E-state index in [1.165, 1.54) is 36.1 Å². The molecule has 0 radical (unpaired) electrons. The molecule has 3 fully saturated rings. The van der Waals surface area contributed by atoms with Gasteiger partial charge in [-0.15, -0.1) is 0 Å². The van der Waals surface area contributed by atoms with Crippen molar-refractivity contribution in [2.75, 3.05) is 57.4 Å². The molecule has 1 unspecified atom stereocenters. The van der Waals surface area contributed by atoms with Gasteiger partial charge in [0.1, 0.15) is 0 Å². The predicted molar refractivity (Wildman–Crippen MR) is 144 cm³/mol. The zero-order chi connectivity index (χ0) is 25.4. The highest BCUT2D eigenvalue weighted by Crippen LogP contribution is 2.32. The number of rotatable bonds is 5. The van der Waals surface area contributed by atoms with E-state index in [-0.39, 0.29) is 12.2 Å². The van der Waals surface area contributed by atoms with E-state index in [9.17, 15) is 4.79 Å². The number of likely N-dealkylation sites (tertiary alicyclic amines) is 1. The third-order valence-corrected chi connectivity index (χ3v) is 8.14. The molecular weight excluding hydrogens is 466 g/mol. The fourth-order valence-corrected chi connectivity index (χ4v) is 5.75. The summed E-state index contributed by atoms with van der Waals surface area (Å²) in [7, 11) is 0. The number of amides is 1. The number of anilines is 1. The number of carbonyl (C=O) groups is 1. The van der Waals surface area contributed by atoms with E-state index in [1.54, 1.807) is 4.90 Å². The molecule has 3 saturated heterocycles. The van der Waals surface area contributed by atoms with Gasteiger partial charge in [0.25, 0.3) is 0 Å². The highest BCUT2D eigenvalue weighted by molar-refractivity contribution is 5.80. The second-order valence-corrected chi connectivity index (χ2v) is 10.8. The van der Waals surface area contributed by atoms with Gasteiger partial charge in [-0.25, -0.2) is 9.31 Å². The molecule has 1 aromatic carbocycles. The Morgan fingerprint density at radius 1 is 1.03 bits per heavy atom. The summed E-state index contributed by atoms with van der Waals surface area (Å²) in [6.07, 6.45) is 6.20. The van der Waals surface area contributed by atoms with Crippen molar-refractivity contribution in [1.82, 2.24) is 19.4 Å². The molecule has 3 aliphatic rings. The van der Waals surface area contributed by atoms with Gasteiger partial charge >= 0.3 is 6.09 Å². The van der Waals surface area contributed by atoms with Crippen molar-refractivity contribution < 1.29 is 14.3 Å². The molecule has 1 atom stereocenters. The molecule has 8 nitrogen and oxygen atoms in total. The summed E-state index contributed by atoms with van der Waals surface area (Å²) in [6, 6.07) is 14.1. The first-order valence-electron chi connectivity index (χ1n) is 13.6. The number of aromatic nitrogens is 2. The van der Waals surface area contributed by atoms with Crippen LogP contribution in [0.15, 0.2) is 48.8 Å². The van der Waals surface area contributed by atoms with Crippen LogP contribution in [0.3, 0.4) is 0 Å². The van der Waals surface area contributed by atoms with Crippen molar-refractivity contribution in [3.8, 4) is 11.1 Å². The van der Waals surface area contributed by atoms with Crippen LogP contribution in [0.4, 0.5) is 10.5 Å². The third-order valence-electron chi connectivity index (χ3n) is 8.14. The summed E-state index contributed by atoms with van der Waals surface area (Å²) < 4.78 is 12.6. The van der Waals surface area contributed by atoms with E-state index in [0.717, 1.165) is 30.8 Å². The number of ether oxygens (including phenoxy) is 2. The second-order valence-electron chi connectivity index (χ2n) is 10.8. The minimum Gasteiger partial charge on any atom is -0.441 e. The molecule has 1 amide bonds. The lowest BCUT2D eigenvalue weighted by Gasteiger charge is -2.37. The molecular formula is C29H37N5O3. The fraction of sp³-hybridized carbons (Fsp3) is 0.517. The van der Waals surface area contributed by atoms with Gasteiger partial charge in [0.05, 0.1) is 24.4 Å². The summed E-state index contributed by atoms with van der Waals surface area (Å²) in [5.74, 6) is 0.615. The molecule has 8 heteroatoms. The lowest BCUT2D eigenvalue weighted by Crippen LogP contribution is -2.51. The minimum atomic E-state index is -0.230. The maximum Gasteiger partial charge on any atom is 0.410 e. The van der Waals surface area contributed by atoms with Gasteiger partial charge in [0.2, 0.25) is 0 Å². The number of hydrogen-bond acceptors (Lipinski definition) is 6. The highest BCUT2D eigenvalue weighted by atomic mass is 16.6. The number of nitrogens with zero attached hydrogens (tertiary/aromatic N) is 5. The van der Waals surface area contributed by atoms with E-state index in [1.807, 2.05) is 10.7 Å². The van der Waals surface area contributed by atoms with Crippen LogP contribution in [0.2, 0.25) is 0 Å². The van der Waals surface area contributed by atoms with Gasteiger partial charge in [0, 0.05) is 56.7 Å². The van der Waals surface area contributed by atoms with Crippen LogP contribution in [-0.2, 0) is 9.47 Å². The quantitative estimate of drug-likeness (QED) is 0.519.